The van der Waals surface area contributed by atoms with Crippen LogP contribution in [-0.2, 0) is 26.2 Å². The van der Waals surface area contributed by atoms with Crippen LogP contribution in [0.5, 0.6) is 5.75 Å². The molecule has 202 valence electrons. The summed E-state index contributed by atoms with van der Waals surface area (Å²) >= 11 is 0. The number of hydrogen-bond donors (Lipinski definition) is 1. The third-order valence-electron chi connectivity index (χ3n) is 7.13. The number of methoxy groups -OCH3 is 1. The first-order valence-electron chi connectivity index (χ1n) is 12.8. The number of amides is 2. The zero-order valence-electron chi connectivity index (χ0n) is 22.5. The third kappa shape index (κ3) is 7.47. The molecule has 0 saturated heterocycles. The van der Waals surface area contributed by atoms with Crippen molar-refractivity contribution in [1.29, 1.82) is 0 Å². The summed E-state index contributed by atoms with van der Waals surface area (Å²) in [6.45, 7) is 5.15. The van der Waals surface area contributed by atoms with E-state index < -0.39 is 28.5 Å². The molecule has 0 aliphatic heterocycles. The summed E-state index contributed by atoms with van der Waals surface area (Å²) in [7, 11) is -2.21. The number of carbonyl (C=O) groups is 2. The van der Waals surface area contributed by atoms with Crippen molar-refractivity contribution in [2.24, 2.45) is 0 Å². The predicted octanol–water partition coefficient (Wildman–Crippen LogP) is 3.94. The minimum Gasteiger partial charge on any atom is -0.497 e. The van der Waals surface area contributed by atoms with Crippen LogP contribution >= 0.6 is 0 Å². The van der Waals surface area contributed by atoms with Crippen molar-refractivity contribution >= 4 is 27.5 Å². The SMILES string of the molecule is COc1cccc(CN(C(=O)CN(c2cccc(C)c2C)S(C)(=O)=O)[C@H](C)C(=O)NC2CCCCC2)c1. The van der Waals surface area contributed by atoms with Gasteiger partial charge in [-0.05, 0) is 68.5 Å². The summed E-state index contributed by atoms with van der Waals surface area (Å²) in [5, 5.41) is 3.10. The molecule has 9 heteroatoms. The van der Waals surface area contributed by atoms with Crippen LogP contribution in [0.15, 0.2) is 42.5 Å². The molecule has 2 aromatic rings. The lowest BCUT2D eigenvalue weighted by molar-refractivity contribution is -0.139. The van der Waals surface area contributed by atoms with Gasteiger partial charge in [-0.15, -0.1) is 0 Å². The molecule has 0 bridgehead atoms. The van der Waals surface area contributed by atoms with Gasteiger partial charge in [-0.25, -0.2) is 8.42 Å². The summed E-state index contributed by atoms with van der Waals surface area (Å²) < 4.78 is 32.1. The zero-order chi connectivity index (χ0) is 27.2. The van der Waals surface area contributed by atoms with E-state index in [9.17, 15) is 18.0 Å². The molecule has 1 fully saturated rings. The number of ether oxygens (including phenoxy) is 1. The number of nitrogens with one attached hydrogen (secondary N) is 1. The lowest BCUT2D eigenvalue weighted by Gasteiger charge is -2.33. The van der Waals surface area contributed by atoms with Gasteiger partial charge in [-0.2, -0.15) is 0 Å². The second-order valence-corrected chi connectivity index (χ2v) is 11.8. The maximum atomic E-state index is 13.8. The van der Waals surface area contributed by atoms with Crippen LogP contribution in [0.2, 0.25) is 0 Å². The Morgan fingerprint density at radius 3 is 2.41 bits per heavy atom. The van der Waals surface area contributed by atoms with Crippen LogP contribution in [0, 0.1) is 13.8 Å². The van der Waals surface area contributed by atoms with Gasteiger partial charge in [0.1, 0.15) is 18.3 Å². The first-order valence-corrected chi connectivity index (χ1v) is 14.6. The Morgan fingerprint density at radius 1 is 1.08 bits per heavy atom. The van der Waals surface area contributed by atoms with Crippen molar-refractivity contribution in [2.45, 2.75) is 71.5 Å². The number of anilines is 1. The number of aryl methyl sites for hydroxylation is 1. The quantitative estimate of drug-likeness (QED) is 0.503. The van der Waals surface area contributed by atoms with Crippen molar-refractivity contribution in [3.05, 3.63) is 59.2 Å². The summed E-state index contributed by atoms with van der Waals surface area (Å²) in [5.41, 5.74) is 2.94. The van der Waals surface area contributed by atoms with E-state index in [0.717, 1.165) is 52.9 Å². The molecule has 2 amide bonds. The Bertz CT molecular complexity index is 1210. The second-order valence-electron chi connectivity index (χ2n) is 9.88. The summed E-state index contributed by atoms with van der Waals surface area (Å²) in [6, 6.07) is 12.0. The van der Waals surface area contributed by atoms with Gasteiger partial charge in [0.15, 0.2) is 0 Å². The number of nitrogens with zero attached hydrogens (tertiary/aromatic N) is 2. The topological polar surface area (TPSA) is 96.0 Å². The maximum absolute atomic E-state index is 13.8. The molecule has 1 aliphatic carbocycles. The van der Waals surface area contributed by atoms with Crippen LogP contribution in [-0.4, -0.2) is 57.1 Å². The van der Waals surface area contributed by atoms with Gasteiger partial charge in [0.25, 0.3) is 0 Å². The van der Waals surface area contributed by atoms with Gasteiger partial charge in [0.05, 0.1) is 19.1 Å². The highest BCUT2D eigenvalue weighted by Gasteiger charge is 2.31. The van der Waals surface area contributed by atoms with Crippen molar-refractivity contribution in [3.8, 4) is 5.75 Å². The Labute approximate surface area is 221 Å². The van der Waals surface area contributed by atoms with Crippen LogP contribution in [0.1, 0.15) is 55.7 Å². The Morgan fingerprint density at radius 2 is 1.76 bits per heavy atom. The van der Waals surface area contributed by atoms with Gasteiger partial charge in [0, 0.05) is 12.6 Å². The van der Waals surface area contributed by atoms with Gasteiger partial charge in [-0.3, -0.25) is 13.9 Å². The molecule has 1 N–H and O–H groups in total. The number of hydrogen-bond acceptors (Lipinski definition) is 5. The average molecular weight is 530 g/mol. The molecule has 0 unspecified atom stereocenters. The van der Waals surface area contributed by atoms with Gasteiger partial charge >= 0.3 is 0 Å². The van der Waals surface area contributed by atoms with E-state index in [1.54, 1.807) is 32.2 Å². The number of benzene rings is 2. The Hall–Kier alpha value is -3.07. The van der Waals surface area contributed by atoms with Crippen LogP contribution < -0.4 is 14.4 Å². The van der Waals surface area contributed by atoms with E-state index in [2.05, 4.69) is 5.32 Å². The summed E-state index contributed by atoms with van der Waals surface area (Å²) in [5.74, 6) is -0.0569. The Kier molecular flexibility index (Phi) is 9.59. The van der Waals surface area contributed by atoms with E-state index >= 15 is 0 Å². The first kappa shape index (κ1) is 28.5. The third-order valence-corrected chi connectivity index (χ3v) is 8.26. The Balaban J connectivity index is 1.91. The van der Waals surface area contributed by atoms with Crippen molar-refractivity contribution in [2.75, 3.05) is 24.2 Å². The smallest absolute Gasteiger partial charge is 0.244 e. The highest BCUT2D eigenvalue weighted by Crippen LogP contribution is 2.26. The molecule has 1 aliphatic rings. The molecule has 0 radical (unpaired) electrons. The van der Waals surface area contributed by atoms with E-state index in [1.807, 2.05) is 38.1 Å². The van der Waals surface area contributed by atoms with E-state index in [-0.39, 0.29) is 18.5 Å². The largest absolute Gasteiger partial charge is 0.497 e. The average Bonchev–Trinajstić information content (AvgIpc) is 2.87. The molecular formula is C28H39N3O5S. The lowest BCUT2D eigenvalue weighted by Crippen LogP contribution is -2.53. The van der Waals surface area contributed by atoms with E-state index in [0.29, 0.717) is 11.4 Å². The van der Waals surface area contributed by atoms with Crippen molar-refractivity contribution in [1.82, 2.24) is 10.2 Å². The van der Waals surface area contributed by atoms with Crippen molar-refractivity contribution < 1.29 is 22.7 Å². The predicted molar refractivity (Wildman–Crippen MR) is 146 cm³/mol. The standard InChI is InChI=1S/C28H39N3O5S/c1-20-11-9-16-26(21(20)2)31(37(5,34)35)19-27(32)30(18-23-12-10-15-25(17-23)36-4)22(3)28(33)29-24-13-7-6-8-14-24/h9-12,15-17,22,24H,6-8,13-14,18-19H2,1-5H3,(H,29,33)/t22-/m1/s1. The highest BCUT2D eigenvalue weighted by molar-refractivity contribution is 7.92. The van der Waals surface area contributed by atoms with Crippen molar-refractivity contribution in [3.63, 3.8) is 0 Å². The van der Waals surface area contributed by atoms with Gasteiger partial charge in [0.2, 0.25) is 21.8 Å². The minimum atomic E-state index is -3.77. The van der Waals surface area contributed by atoms with Crippen LogP contribution in [0.4, 0.5) is 5.69 Å². The molecule has 2 aromatic carbocycles. The monoisotopic (exact) mass is 529 g/mol. The minimum absolute atomic E-state index is 0.0972. The summed E-state index contributed by atoms with van der Waals surface area (Å²) in [4.78, 5) is 28.5. The lowest BCUT2D eigenvalue weighted by atomic mass is 9.95. The number of rotatable bonds is 10. The molecule has 0 aromatic heterocycles. The fourth-order valence-electron chi connectivity index (χ4n) is 4.72. The molecule has 3 rings (SSSR count). The van der Waals surface area contributed by atoms with Gasteiger partial charge in [-0.1, -0.05) is 43.5 Å². The second kappa shape index (κ2) is 12.4. The fraction of sp³-hybridized carbons (Fsp3) is 0.500. The molecular weight excluding hydrogens is 490 g/mol. The number of sulfonamides is 1. The van der Waals surface area contributed by atoms with E-state index in [4.69, 9.17) is 4.74 Å². The number of carbonyl (C=O) groups excluding carboxylic acids is 2. The maximum Gasteiger partial charge on any atom is 0.244 e. The molecule has 0 spiro atoms. The van der Waals surface area contributed by atoms with Crippen LogP contribution in [0.25, 0.3) is 0 Å². The molecule has 37 heavy (non-hydrogen) atoms. The molecule has 8 nitrogen and oxygen atoms in total. The molecule has 1 saturated carbocycles. The fourth-order valence-corrected chi connectivity index (χ4v) is 5.62. The highest BCUT2D eigenvalue weighted by atomic mass is 32.2. The first-order chi connectivity index (χ1) is 17.5. The molecule has 0 heterocycles. The zero-order valence-corrected chi connectivity index (χ0v) is 23.3. The summed E-state index contributed by atoms with van der Waals surface area (Å²) in [6.07, 6.45) is 6.26. The normalized spacial score (nSPS) is 15.1. The molecule has 1 atom stereocenters. The van der Waals surface area contributed by atoms with Crippen LogP contribution in [0.3, 0.4) is 0 Å². The van der Waals surface area contributed by atoms with E-state index in [1.165, 1.54) is 11.3 Å². The van der Waals surface area contributed by atoms with Gasteiger partial charge < -0.3 is 15.0 Å².